The molecule has 0 bridgehead atoms. The third-order valence-corrected chi connectivity index (χ3v) is 5.54. The summed E-state index contributed by atoms with van der Waals surface area (Å²) < 4.78 is 6.18. The van der Waals surface area contributed by atoms with Gasteiger partial charge in [-0.15, -0.1) is 0 Å². The van der Waals surface area contributed by atoms with Crippen LogP contribution < -0.4 is 4.74 Å². The summed E-state index contributed by atoms with van der Waals surface area (Å²) >= 11 is 5.94. The lowest BCUT2D eigenvalue weighted by atomic mass is 9.99. The van der Waals surface area contributed by atoms with Crippen molar-refractivity contribution in [3.63, 3.8) is 0 Å². The minimum absolute atomic E-state index is 0.0309. The Morgan fingerprint density at radius 1 is 1.16 bits per heavy atom. The molecule has 130 valence electrons. The van der Waals surface area contributed by atoms with Gasteiger partial charge in [0.1, 0.15) is 17.5 Å². The summed E-state index contributed by atoms with van der Waals surface area (Å²) in [7, 11) is 0. The van der Waals surface area contributed by atoms with Crippen LogP contribution in [-0.2, 0) is 0 Å². The third-order valence-electron chi connectivity index (χ3n) is 5.29. The number of aryl methyl sites for hydroxylation is 1. The topological polar surface area (TPSA) is 42.4 Å². The number of benzene rings is 1. The number of likely N-dealkylation sites (tertiary alicyclic amines) is 1. The first kappa shape index (κ1) is 16.4. The van der Waals surface area contributed by atoms with Crippen LogP contribution in [-0.4, -0.2) is 35.0 Å². The first-order chi connectivity index (χ1) is 12.1. The van der Waals surface area contributed by atoms with Crippen LogP contribution in [0.4, 0.5) is 0 Å². The van der Waals surface area contributed by atoms with Crippen molar-refractivity contribution in [3.8, 4) is 5.75 Å². The molecule has 25 heavy (non-hydrogen) atoms. The zero-order valence-corrected chi connectivity index (χ0v) is 14.9. The summed E-state index contributed by atoms with van der Waals surface area (Å²) in [4.78, 5) is 19.1. The Kier molecular flexibility index (Phi) is 4.38. The van der Waals surface area contributed by atoms with Crippen LogP contribution >= 0.6 is 11.6 Å². The average molecular weight is 357 g/mol. The molecule has 1 amide bonds. The van der Waals surface area contributed by atoms with Gasteiger partial charge in [-0.1, -0.05) is 17.7 Å². The smallest absolute Gasteiger partial charge is 0.272 e. The summed E-state index contributed by atoms with van der Waals surface area (Å²) in [5, 5.41) is 0.708. The van der Waals surface area contributed by atoms with Gasteiger partial charge in [-0.3, -0.25) is 4.79 Å². The molecule has 2 fully saturated rings. The van der Waals surface area contributed by atoms with Gasteiger partial charge in [-0.2, -0.15) is 0 Å². The van der Waals surface area contributed by atoms with Gasteiger partial charge in [-0.05, 0) is 62.1 Å². The van der Waals surface area contributed by atoms with Gasteiger partial charge in [0.05, 0.1) is 0 Å². The molecule has 4 rings (SSSR count). The molecule has 3 atom stereocenters. The first-order valence-corrected chi connectivity index (χ1v) is 9.13. The zero-order valence-electron chi connectivity index (χ0n) is 14.2. The van der Waals surface area contributed by atoms with Crippen LogP contribution in [0, 0.1) is 18.8 Å². The van der Waals surface area contributed by atoms with Crippen molar-refractivity contribution in [1.29, 1.82) is 0 Å². The van der Waals surface area contributed by atoms with Crippen LogP contribution in [0.3, 0.4) is 0 Å². The lowest BCUT2D eigenvalue weighted by molar-refractivity contribution is 0.0756. The largest absolute Gasteiger partial charge is 0.490 e. The van der Waals surface area contributed by atoms with E-state index in [2.05, 4.69) is 4.98 Å². The van der Waals surface area contributed by atoms with Crippen LogP contribution in [0.1, 0.15) is 29.0 Å². The van der Waals surface area contributed by atoms with E-state index < -0.39 is 0 Å². The van der Waals surface area contributed by atoms with E-state index in [1.54, 1.807) is 6.07 Å². The Morgan fingerprint density at radius 3 is 2.72 bits per heavy atom. The number of amides is 1. The van der Waals surface area contributed by atoms with E-state index in [1.807, 2.05) is 48.2 Å². The maximum absolute atomic E-state index is 12.7. The van der Waals surface area contributed by atoms with Crippen molar-refractivity contribution < 1.29 is 9.53 Å². The minimum Gasteiger partial charge on any atom is -0.490 e. The zero-order chi connectivity index (χ0) is 17.4. The van der Waals surface area contributed by atoms with Crippen molar-refractivity contribution >= 4 is 17.5 Å². The SMILES string of the molecule is Cc1cccc(C(=O)N2C[C@@H]3CC[C@H](Oc4ccc(Cl)cc4)[C@@H]3C2)n1. The molecule has 2 aromatic rings. The Balaban J connectivity index is 1.44. The van der Waals surface area contributed by atoms with Crippen LogP contribution in [0.2, 0.25) is 5.02 Å². The molecule has 4 nitrogen and oxygen atoms in total. The fourth-order valence-electron chi connectivity index (χ4n) is 4.04. The van der Waals surface area contributed by atoms with E-state index in [0.717, 1.165) is 37.4 Å². The van der Waals surface area contributed by atoms with Crippen molar-refractivity contribution in [2.75, 3.05) is 13.1 Å². The highest BCUT2D eigenvalue weighted by Crippen LogP contribution is 2.40. The number of ether oxygens (including phenoxy) is 1. The summed E-state index contributed by atoms with van der Waals surface area (Å²) in [5.41, 5.74) is 1.41. The molecule has 1 aromatic carbocycles. The molecule has 2 heterocycles. The standard InChI is InChI=1S/C20H21ClN2O2/c1-13-3-2-4-18(22-13)20(24)23-11-14-5-10-19(17(14)12-23)25-16-8-6-15(21)7-9-16/h2-4,6-9,14,17,19H,5,10-12H2,1H3/t14-,17+,19-/m0/s1. The molecule has 1 aliphatic carbocycles. The molecule has 0 N–H and O–H groups in total. The molecular formula is C20H21ClN2O2. The second-order valence-corrected chi connectivity index (χ2v) is 7.42. The van der Waals surface area contributed by atoms with Gasteiger partial charge in [0.25, 0.3) is 5.91 Å². The summed E-state index contributed by atoms with van der Waals surface area (Å²) in [6, 6.07) is 13.1. The normalized spacial score (nSPS) is 25.0. The van der Waals surface area contributed by atoms with Crippen LogP contribution in [0.15, 0.2) is 42.5 Å². The highest BCUT2D eigenvalue weighted by Gasteiger charge is 2.45. The van der Waals surface area contributed by atoms with Gasteiger partial charge >= 0.3 is 0 Å². The van der Waals surface area contributed by atoms with E-state index in [4.69, 9.17) is 16.3 Å². The monoisotopic (exact) mass is 356 g/mol. The van der Waals surface area contributed by atoms with Gasteiger partial charge in [0.2, 0.25) is 0 Å². The van der Waals surface area contributed by atoms with E-state index >= 15 is 0 Å². The van der Waals surface area contributed by atoms with E-state index in [-0.39, 0.29) is 12.0 Å². The van der Waals surface area contributed by atoms with Crippen molar-refractivity contribution in [3.05, 3.63) is 58.9 Å². The second kappa shape index (κ2) is 6.68. The summed E-state index contributed by atoms with van der Waals surface area (Å²) in [6.07, 6.45) is 2.31. The number of hydrogen-bond acceptors (Lipinski definition) is 3. The number of rotatable bonds is 3. The Hall–Kier alpha value is -2.07. The number of pyridine rings is 1. The molecule has 1 saturated carbocycles. The summed E-state index contributed by atoms with van der Waals surface area (Å²) in [5.74, 6) is 1.79. The Labute approximate surface area is 152 Å². The Bertz CT molecular complexity index is 778. The predicted octanol–water partition coefficient (Wildman–Crippen LogP) is 3.97. The first-order valence-electron chi connectivity index (χ1n) is 8.75. The fraction of sp³-hybridized carbons (Fsp3) is 0.400. The number of aromatic nitrogens is 1. The highest BCUT2D eigenvalue weighted by atomic mass is 35.5. The maximum atomic E-state index is 12.7. The molecule has 2 aliphatic rings. The number of halogens is 1. The molecular weight excluding hydrogens is 336 g/mol. The molecule has 0 radical (unpaired) electrons. The lowest BCUT2D eigenvalue weighted by Crippen LogP contribution is -2.33. The van der Waals surface area contributed by atoms with E-state index in [1.165, 1.54) is 0 Å². The second-order valence-electron chi connectivity index (χ2n) is 6.99. The molecule has 1 saturated heterocycles. The van der Waals surface area contributed by atoms with E-state index in [9.17, 15) is 4.79 Å². The highest BCUT2D eigenvalue weighted by molar-refractivity contribution is 6.30. The number of nitrogens with zero attached hydrogens (tertiary/aromatic N) is 2. The molecule has 0 unspecified atom stereocenters. The number of hydrogen-bond donors (Lipinski definition) is 0. The quantitative estimate of drug-likeness (QED) is 0.835. The Morgan fingerprint density at radius 2 is 1.96 bits per heavy atom. The van der Waals surface area contributed by atoms with Crippen molar-refractivity contribution in [2.24, 2.45) is 11.8 Å². The third kappa shape index (κ3) is 3.36. The van der Waals surface area contributed by atoms with Crippen molar-refractivity contribution in [1.82, 2.24) is 9.88 Å². The number of fused-ring (bicyclic) bond motifs is 1. The molecule has 0 spiro atoms. The number of carbonyl (C=O) groups excluding carboxylic acids is 1. The van der Waals surface area contributed by atoms with Crippen LogP contribution in [0.25, 0.3) is 0 Å². The molecule has 5 heteroatoms. The van der Waals surface area contributed by atoms with Gasteiger partial charge in [0, 0.05) is 29.7 Å². The van der Waals surface area contributed by atoms with Crippen molar-refractivity contribution in [2.45, 2.75) is 25.9 Å². The summed E-state index contributed by atoms with van der Waals surface area (Å²) in [6.45, 7) is 3.46. The minimum atomic E-state index is 0.0309. The van der Waals surface area contributed by atoms with Gasteiger partial charge in [0.15, 0.2) is 0 Å². The fourth-order valence-corrected chi connectivity index (χ4v) is 4.17. The predicted molar refractivity (Wildman–Crippen MR) is 97.0 cm³/mol. The lowest BCUT2D eigenvalue weighted by Gasteiger charge is -2.22. The van der Waals surface area contributed by atoms with E-state index in [0.29, 0.717) is 22.6 Å². The van der Waals surface area contributed by atoms with Crippen LogP contribution in [0.5, 0.6) is 5.75 Å². The molecule has 1 aliphatic heterocycles. The number of carbonyl (C=O) groups is 1. The van der Waals surface area contributed by atoms with Gasteiger partial charge < -0.3 is 9.64 Å². The van der Waals surface area contributed by atoms with Gasteiger partial charge in [-0.25, -0.2) is 4.98 Å². The average Bonchev–Trinajstić information content (AvgIpc) is 3.18. The maximum Gasteiger partial charge on any atom is 0.272 e. The molecule has 1 aromatic heterocycles.